The summed E-state index contributed by atoms with van der Waals surface area (Å²) in [7, 11) is 0. The smallest absolute Gasteiger partial charge is 0.101 e. The molecule has 0 saturated carbocycles. The molecule has 1 aromatic carbocycles. The van der Waals surface area contributed by atoms with Crippen LogP contribution in [0.25, 0.3) is 0 Å². The largest absolute Gasteiger partial charge is 0.192 e. The molecular weight excluding hydrogens is 402 g/mol. The van der Waals surface area contributed by atoms with Gasteiger partial charge in [-0.1, -0.05) is 0 Å². The molecule has 70 valence electrons. The predicted octanol–water partition coefficient (Wildman–Crippen LogP) is 3.26. The lowest BCUT2D eigenvalue weighted by Gasteiger charge is -2.09. The van der Waals surface area contributed by atoms with E-state index in [0.29, 0.717) is 11.1 Å². The summed E-state index contributed by atoms with van der Waals surface area (Å²) >= 11 is 4.42. The first-order chi connectivity index (χ1) is 6.54. The molecule has 2 nitrogen and oxygen atoms in total. The molecule has 0 N–H and O–H groups in total. The Morgan fingerprint density at radius 1 is 0.857 bits per heavy atom. The minimum atomic E-state index is 0.509. The summed E-state index contributed by atoms with van der Waals surface area (Å²) in [6, 6.07) is 4.19. The molecule has 0 spiro atoms. The summed E-state index contributed by atoms with van der Waals surface area (Å²) in [5, 5.41) is 17.9. The molecule has 0 aliphatic rings. The van der Waals surface area contributed by atoms with Crippen LogP contribution in [0, 0.1) is 43.7 Å². The van der Waals surface area contributed by atoms with Crippen LogP contribution in [0.1, 0.15) is 22.3 Å². The van der Waals surface area contributed by atoms with Crippen molar-refractivity contribution in [2.45, 2.75) is 13.8 Å². The van der Waals surface area contributed by atoms with E-state index in [-0.39, 0.29) is 0 Å². The van der Waals surface area contributed by atoms with E-state index in [0.717, 1.165) is 18.3 Å². The lowest BCUT2D eigenvalue weighted by Crippen LogP contribution is -2.00. The Morgan fingerprint density at radius 3 is 1.36 bits per heavy atom. The SMILES string of the molecule is Cc1c(I)c(I)c(C)c(C#N)c1C#N. The molecule has 0 saturated heterocycles. The number of nitriles is 2. The molecular formula is C10H6I2N2. The molecule has 1 rings (SSSR count). The topological polar surface area (TPSA) is 47.6 Å². The van der Waals surface area contributed by atoms with Crippen molar-refractivity contribution < 1.29 is 0 Å². The van der Waals surface area contributed by atoms with Gasteiger partial charge < -0.3 is 0 Å². The zero-order valence-electron chi connectivity index (χ0n) is 7.65. The van der Waals surface area contributed by atoms with Gasteiger partial charge in [-0.05, 0) is 70.2 Å². The van der Waals surface area contributed by atoms with Gasteiger partial charge in [0.2, 0.25) is 0 Å². The summed E-state index contributed by atoms with van der Waals surface area (Å²) in [6.45, 7) is 3.76. The summed E-state index contributed by atoms with van der Waals surface area (Å²) in [5.41, 5.74) is 2.82. The molecule has 0 radical (unpaired) electrons. The van der Waals surface area contributed by atoms with Gasteiger partial charge in [-0.25, -0.2) is 0 Å². The van der Waals surface area contributed by atoms with E-state index in [1.54, 1.807) is 0 Å². The lowest BCUT2D eigenvalue weighted by atomic mass is 9.99. The zero-order valence-corrected chi connectivity index (χ0v) is 12.0. The van der Waals surface area contributed by atoms with E-state index in [2.05, 4.69) is 57.3 Å². The van der Waals surface area contributed by atoms with Crippen LogP contribution in [0.3, 0.4) is 0 Å². The Kier molecular flexibility index (Phi) is 3.73. The van der Waals surface area contributed by atoms with Crippen LogP contribution in [-0.4, -0.2) is 0 Å². The van der Waals surface area contributed by atoms with Gasteiger partial charge in [-0.2, -0.15) is 10.5 Å². The minimum absolute atomic E-state index is 0.509. The molecule has 0 heterocycles. The maximum atomic E-state index is 8.96. The van der Waals surface area contributed by atoms with Crippen LogP contribution < -0.4 is 0 Å². The highest BCUT2D eigenvalue weighted by atomic mass is 127. The average Bonchev–Trinajstić information content (AvgIpc) is 2.20. The highest BCUT2D eigenvalue weighted by Gasteiger charge is 2.15. The van der Waals surface area contributed by atoms with E-state index in [9.17, 15) is 0 Å². The second-order valence-electron chi connectivity index (χ2n) is 2.85. The van der Waals surface area contributed by atoms with E-state index in [1.165, 1.54) is 0 Å². The Labute approximate surface area is 110 Å². The number of hydrogen-bond donors (Lipinski definition) is 0. The van der Waals surface area contributed by atoms with Crippen molar-refractivity contribution in [3.05, 3.63) is 29.4 Å². The van der Waals surface area contributed by atoms with Gasteiger partial charge >= 0.3 is 0 Å². The molecule has 0 aliphatic heterocycles. The maximum Gasteiger partial charge on any atom is 0.101 e. The molecule has 0 bridgehead atoms. The van der Waals surface area contributed by atoms with Crippen LogP contribution >= 0.6 is 45.2 Å². The standard InChI is InChI=1S/C10H6I2N2/c1-5-7(3-13)8(4-14)6(2)10(12)9(5)11/h1-2H3. The van der Waals surface area contributed by atoms with Crippen molar-refractivity contribution in [1.82, 2.24) is 0 Å². The molecule has 14 heavy (non-hydrogen) atoms. The zero-order chi connectivity index (χ0) is 10.9. The first-order valence-electron chi connectivity index (χ1n) is 3.83. The first-order valence-corrected chi connectivity index (χ1v) is 5.98. The third kappa shape index (κ3) is 1.73. The van der Waals surface area contributed by atoms with Gasteiger partial charge in [-0.3, -0.25) is 0 Å². The Bertz CT molecular complexity index is 434. The number of halogens is 2. The minimum Gasteiger partial charge on any atom is -0.192 e. The summed E-state index contributed by atoms with van der Waals surface area (Å²) < 4.78 is 2.13. The predicted molar refractivity (Wildman–Crippen MR) is 70.8 cm³/mol. The van der Waals surface area contributed by atoms with E-state index >= 15 is 0 Å². The van der Waals surface area contributed by atoms with Crippen molar-refractivity contribution in [1.29, 1.82) is 10.5 Å². The van der Waals surface area contributed by atoms with Gasteiger partial charge in [0.1, 0.15) is 12.1 Å². The van der Waals surface area contributed by atoms with Crippen molar-refractivity contribution >= 4 is 45.2 Å². The van der Waals surface area contributed by atoms with Crippen LogP contribution in [-0.2, 0) is 0 Å². The molecule has 0 amide bonds. The average molecular weight is 408 g/mol. The number of rotatable bonds is 0. The fourth-order valence-corrected chi connectivity index (χ4v) is 2.55. The monoisotopic (exact) mass is 408 g/mol. The fourth-order valence-electron chi connectivity index (χ4n) is 1.20. The Morgan fingerprint density at radius 2 is 1.14 bits per heavy atom. The van der Waals surface area contributed by atoms with Crippen molar-refractivity contribution in [3.8, 4) is 12.1 Å². The highest BCUT2D eigenvalue weighted by Crippen LogP contribution is 2.28. The second kappa shape index (κ2) is 4.45. The normalized spacial score (nSPS) is 9.29. The van der Waals surface area contributed by atoms with E-state index < -0.39 is 0 Å². The first kappa shape index (κ1) is 11.7. The molecule has 0 unspecified atom stereocenters. The van der Waals surface area contributed by atoms with Crippen LogP contribution in [0.4, 0.5) is 0 Å². The van der Waals surface area contributed by atoms with Crippen molar-refractivity contribution in [3.63, 3.8) is 0 Å². The van der Waals surface area contributed by atoms with Gasteiger partial charge in [-0.15, -0.1) is 0 Å². The molecule has 0 aromatic heterocycles. The molecule has 0 atom stereocenters. The van der Waals surface area contributed by atoms with E-state index in [1.807, 2.05) is 13.8 Å². The quantitative estimate of drug-likeness (QED) is 0.620. The van der Waals surface area contributed by atoms with Gasteiger partial charge in [0.15, 0.2) is 0 Å². The van der Waals surface area contributed by atoms with Gasteiger partial charge in [0, 0.05) is 7.14 Å². The Hall–Kier alpha value is -0.340. The van der Waals surface area contributed by atoms with Gasteiger partial charge in [0.25, 0.3) is 0 Å². The maximum absolute atomic E-state index is 8.96. The van der Waals surface area contributed by atoms with Crippen LogP contribution in [0.2, 0.25) is 0 Å². The number of benzene rings is 1. The second-order valence-corrected chi connectivity index (χ2v) is 5.01. The third-order valence-corrected chi connectivity index (χ3v) is 5.80. The molecule has 1 aromatic rings. The molecule has 4 heteroatoms. The third-order valence-electron chi connectivity index (χ3n) is 2.07. The summed E-state index contributed by atoms with van der Waals surface area (Å²) in [5.74, 6) is 0. The van der Waals surface area contributed by atoms with Crippen molar-refractivity contribution in [2.75, 3.05) is 0 Å². The van der Waals surface area contributed by atoms with E-state index in [4.69, 9.17) is 10.5 Å². The summed E-state index contributed by atoms with van der Waals surface area (Å²) in [4.78, 5) is 0. The van der Waals surface area contributed by atoms with Crippen LogP contribution in [0.5, 0.6) is 0 Å². The lowest BCUT2D eigenvalue weighted by molar-refractivity contribution is 1.26. The number of nitrogens with zero attached hydrogens (tertiary/aromatic N) is 2. The number of hydrogen-bond acceptors (Lipinski definition) is 2. The van der Waals surface area contributed by atoms with Gasteiger partial charge in [0.05, 0.1) is 11.1 Å². The molecule has 0 fully saturated rings. The van der Waals surface area contributed by atoms with Crippen molar-refractivity contribution in [2.24, 2.45) is 0 Å². The Balaban J connectivity index is 3.79. The fraction of sp³-hybridized carbons (Fsp3) is 0.200. The highest BCUT2D eigenvalue weighted by molar-refractivity contribution is 14.1. The molecule has 0 aliphatic carbocycles. The van der Waals surface area contributed by atoms with Crippen LogP contribution in [0.15, 0.2) is 0 Å². The summed E-state index contributed by atoms with van der Waals surface area (Å²) in [6.07, 6.45) is 0.